The maximum Gasteiger partial charge on any atom is 0.227 e. The number of aryl methyl sites for hydroxylation is 1. The highest BCUT2D eigenvalue weighted by Crippen LogP contribution is 2.18. The lowest BCUT2D eigenvalue weighted by Crippen LogP contribution is -2.34. The summed E-state index contributed by atoms with van der Waals surface area (Å²) in [5.74, 6) is 1.02. The van der Waals surface area contributed by atoms with E-state index in [4.69, 9.17) is 4.52 Å². The maximum atomic E-state index is 11.8. The van der Waals surface area contributed by atoms with Crippen molar-refractivity contribution >= 4 is 17.2 Å². The molecule has 3 N–H and O–H groups in total. The Balaban J connectivity index is 1.43. The molecule has 3 rings (SSSR count). The number of nitrogens with zero attached hydrogens (tertiary/aromatic N) is 2. The minimum Gasteiger partial charge on any atom is -0.391 e. The Labute approximate surface area is 131 Å². The van der Waals surface area contributed by atoms with Crippen molar-refractivity contribution in [2.75, 3.05) is 19.6 Å². The van der Waals surface area contributed by atoms with Crippen LogP contribution in [0.2, 0.25) is 0 Å². The van der Waals surface area contributed by atoms with E-state index in [1.54, 1.807) is 11.3 Å². The summed E-state index contributed by atoms with van der Waals surface area (Å²) in [7, 11) is 0. The predicted molar refractivity (Wildman–Crippen MR) is 81.3 cm³/mol. The molecule has 0 aliphatic carbocycles. The van der Waals surface area contributed by atoms with Gasteiger partial charge in [-0.25, -0.2) is 0 Å². The van der Waals surface area contributed by atoms with Gasteiger partial charge >= 0.3 is 0 Å². The molecule has 22 heavy (non-hydrogen) atoms. The fourth-order valence-electron chi connectivity index (χ4n) is 2.35. The lowest BCUT2D eigenvalue weighted by Gasteiger charge is -2.13. The van der Waals surface area contributed by atoms with E-state index in [0.717, 1.165) is 12.1 Å². The molecule has 1 aliphatic heterocycles. The van der Waals surface area contributed by atoms with Crippen LogP contribution in [-0.4, -0.2) is 46.9 Å². The monoisotopic (exact) mass is 322 g/mol. The molecule has 7 nitrogen and oxygen atoms in total. The van der Waals surface area contributed by atoms with Gasteiger partial charge in [0.25, 0.3) is 0 Å². The van der Waals surface area contributed by atoms with Crippen LogP contribution in [0.5, 0.6) is 0 Å². The van der Waals surface area contributed by atoms with Crippen molar-refractivity contribution in [3.63, 3.8) is 0 Å². The average molecular weight is 322 g/mol. The summed E-state index contributed by atoms with van der Waals surface area (Å²) < 4.78 is 5.15. The van der Waals surface area contributed by atoms with Gasteiger partial charge in [-0.3, -0.25) is 4.79 Å². The van der Waals surface area contributed by atoms with E-state index in [9.17, 15) is 9.90 Å². The summed E-state index contributed by atoms with van der Waals surface area (Å²) >= 11 is 1.57. The van der Waals surface area contributed by atoms with Crippen LogP contribution < -0.4 is 10.6 Å². The predicted octanol–water partition coefficient (Wildman–Crippen LogP) is 0.427. The van der Waals surface area contributed by atoms with Crippen LogP contribution in [0.15, 0.2) is 21.3 Å². The molecule has 1 aliphatic rings. The fraction of sp³-hybridized carbons (Fsp3) is 0.500. The van der Waals surface area contributed by atoms with E-state index in [0.29, 0.717) is 37.6 Å². The number of carbonyl (C=O) groups is 1. The molecular formula is C14H18N4O3S. The van der Waals surface area contributed by atoms with Crippen molar-refractivity contribution in [1.82, 2.24) is 20.8 Å². The van der Waals surface area contributed by atoms with Crippen LogP contribution in [0.1, 0.15) is 12.3 Å². The summed E-state index contributed by atoms with van der Waals surface area (Å²) in [5, 5.41) is 23.4. The Hall–Kier alpha value is -1.77. The largest absolute Gasteiger partial charge is 0.391 e. The minimum atomic E-state index is -0.385. The SMILES string of the molecule is O=C(CCc1nc(-c2ccsc2)no1)NCC1CNCC1O. The lowest BCUT2D eigenvalue weighted by atomic mass is 10.1. The van der Waals surface area contributed by atoms with Crippen molar-refractivity contribution in [2.24, 2.45) is 5.92 Å². The lowest BCUT2D eigenvalue weighted by molar-refractivity contribution is -0.121. The molecule has 1 fully saturated rings. The second-order valence-electron chi connectivity index (χ2n) is 5.31. The molecule has 118 valence electrons. The van der Waals surface area contributed by atoms with Gasteiger partial charge in [0.05, 0.1) is 6.10 Å². The fourth-order valence-corrected chi connectivity index (χ4v) is 2.98. The molecule has 0 bridgehead atoms. The number of β-amino-alcohol motifs (C(OH)–C–C–N with tert-alkyl or cyclic N) is 1. The van der Waals surface area contributed by atoms with E-state index < -0.39 is 0 Å². The van der Waals surface area contributed by atoms with Crippen LogP contribution in [0.25, 0.3) is 11.4 Å². The minimum absolute atomic E-state index is 0.0746. The second kappa shape index (κ2) is 6.99. The summed E-state index contributed by atoms with van der Waals surface area (Å²) in [5.41, 5.74) is 0.923. The van der Waals surface area contributed by atoms with Gasteiger partial charge in [0, 0.05) is 49.3 Å². The van der Waals surface area contributed by atoms with E-state index in [1.165, 1.54) is 0 Å². The molecule has 2 aromatic rings. The van der Waals surface area contributed by atoms with E-state index in [2.05, 4.69) is 20.8 Å². The summed E-state index contributed by atoms with van der Waals surface area (Å²) in [6, 6.07) is 1.92. The number of nitrogens with one attached hydrogen (secondary N) is 2. The van der Waals surface area contributed by atoms with Gasteiger partial charge in [0.1, 0.15) is 0 Å². The normalized spacial score (nSPS) is 21.1. The van der Waals surface area contributed by atoms with E-state index in [-0.39, 0.29) is 17.9 Å². The molecule has 0 aromatic carbocycles. The molecule has 0 spiro atoms. The molecule has 0 radical (unpaired) electrons. The third-order valence-corrected chi connectivity index (χ3v) is 4.36. The number of thiophene rings is 1. The molecule has 1 amide bonds. The highest BCUT2D eigenvalue weighted by molar-refractivity contribution is 7.08. The van der Waals surface area contributed by atoms with Gasteiger partial charge in [-0.1, -0.05) is 5.16 Å². The summed E-state index contributed by atoms with van der Waals surface area (Å²) in [6.07, 6.45) is 0.320. The highest BCUT2D eigenvalue weighted by atomic mass is 32.1. The number of carbonyl (C=O) groups excluding carboxylic acids is 1. The number of rotatable bonds is 6. The molecule has 2 aromatic heterocycles. The third-order valence-electron chi connectivity index (χ3n) is 3.68. The Morgan fingerprint density at radius 1 is 1.55 bits per heavy atom. The highest BCUT2D eigenvalue weighted by Gasteiger charge is 2.25. The number of aliphatic hydroxyl groups excluding tert-OH is 1. The molecule has 2 unspecified atom stereocenters. The van der Waals surface area contributed by atoms with Crippen LogP contribution in [0, 0.1) is 5.92 Å². The number of hydrogen-bond donors (Lipinski definition) is 3. The zero-order valence-electron chi connectivity index (χ0n) is 12.0. The van der Waals surface area contributed by atoms with Crippen molar-refractivity contribution in [1.29, 1.82) is 0 Å². The van der Waals surface area contributed by atoms with Crippen LogP contribution in [0.4, 0.5) is 0 Å². The zero-order valence-corrected chi connectivity index (χ0v) is 12.8. The Morgan fingerprint density at radius 2 is 2.45 bits per heavy atom. The van der Waals surface area contributed by atoms with Gasteiger partial charge in [0.2, 0.25) is 17.6 Å². The van der Waals surface area contributed by atoms with Gasteiger partial charge in [-0.2, -0.15) is 16.3 Å². The number of hydrogen-bond acceptors (Lipinski definition) is 7. The number of aromatic nitrogens is 2. The quantitative estimate of drug-likeness (QED) is 0.713. The van der Waals surface area contributed by atoms with Gasteiger partial charge in [-0.15, -0.1) is 0 Å². The topological polar surface area (TPSA) is 100 Å². The Bertz CT molecular complexity index is 613. The second-order valence-corrected chi connectivity index (χ2v) is 6.09. The third kappa shape index (κ3) is 3.70. The van der Waals surface area contributed by atoms with Gasteiger partial charge in [0.15, 0.2) is 0 Å². The molecule has 2 atom stereocenters. The molecule has 0 saturated carbocycles. The van der Waals surface area contributed by atoms with Crippen LogP contribution in [0.3, 0.4) is 0 Å². The zero-order chi connectivity index (χ0) is 15.4. The van der Waals surface area contributed by atoms with Crippen LogP contribution >= 0.6 is 11.3 Å². The molecular weight excluding hydrogens is 304 g/mol. The first-order valence-corrected chi connectivity index (χ1v) is 8.17. The van der Waals surface area contributed by atoms with Crippen LogP contribution in [-0.2, 0) is 11.2 Å². The standard InChI is InChI=1S/C14H18N4O3S/c19-11-7-15-5-10(11)6-16-12(20)1-2-13-17-14(18-21-13)9-3-4-22-8-9/h3-4,8,10-11,15,19H,1-2,5-7H2,(H,16,20). The van der Waals surface area contributed by atoms with Gasteiger partial charge in [-0.05, 0) is 11.4 Å². The summed E-state index contributed by atoms with van der Waals surface area (Å²) in [6.45, 7) is 1.81. The first kappa shape index (κ1) is 15.1. The first-order chi connectivity index (χ1) is 10.7. The Morgan fingerprint density at radius 3 is 3.18 bits per heavy atom. The smallest absolute Gasteiger partial charge is 0.227 e. The number of amides is 1. The van der Waals surface area contributed by atoms with E-state index >= 15 is 0 Å². The van der Waals surface area contributed by atoms with E-state index in [1.807, 2.05) is 16.8 Å². The van der Waals surface area contributed by atoms with Crippen molar-refractivity contribution < 1.29 is 14.4 Å². The molecule has 8 heteroatoms. The molecule has 3 heterocycles. The maximum absolute atomic E-state index is 11.8. The van der Waals surface area contributed by atoms with Crippen molar-refractivity contribution in [2.45, 2.75) is 18.9 Å². The summed E-state index contributed by atoms with van der Waals surface area (Å²) in [4.78, 5) is 16.1. The average Bonchev–Trinajstić information content (AvgIpc) is 3.24. The Kier molecular flexibility index (Phi) is 4.81. The molecule has 1 saturated heterocycles. The first-order valence-electron chi connectivity index (χ1n) is 7.23. The van der Waals surface area contributed by atoms with Crippen molar-refractivity contribution in [3.8, 4) is 11.4 Å². The number of aliphatic hydroxyl groups is 1. The van der Waals surface area contributed by atoms with Gasteiger partial charge < -0.3 is 20.3 Å². The van der Waals surface area contributed by atoms with Crippen molar-refractivity contribution in [3.05, 3.63) is 22.7 Å².